The Morgan fingerprint density at radius 1 is 1.30 bits per heavy atom. The zero-order valence-corrected chi connectivity index (χ0v) is 14.2. The van der Waals surface area contributed by atoms with Crippen LogP contribution < -0.4 is 5.32 Å². The molecular weight excluding hydrogens is 293 g/mol. The molecule has 1 fully saturated rings. The predicted molar refractivity (Wildman–Crippen MR) is 92.0 cm³/mol. The molecule has 0 atom stereocenters. The molecule has 4 nitrogen and oxygen atoms in total. The largest absolute Gasteiger partial charge is 0.381 e. The fraction of sp³-hybridized carbons (Fsp3) is 0.611. The Balaban J connectivity index is 1.87. The van der Waals surface area contributed by atoms with E-state index >= 15 is 0 Å². The number of aliphatic imine (C=N–C) groups is 1. The number of rotatable bonds is 6. The molecule has 1 saturated heterocycles. The number of benzene rings is 1. The summed E-state index contributed by atoms with van der Waals surface area (Å²) in [6.07, 6.45) is 3.50. The van der Waals surface area contributed by atoms with E-state index < -0.39 is 0 Å². The van der Waals surface area contributed by atoms with Gasteiger partial charge in [0.25, 0.3) is 0 Å². The molecule has 0 bridgehead atoms. The zero-order chi connectivity index (χ0) is 16.5. The fourth-order valence-corrected chi connectivity index (χ4v) is 2.74. The number of hydrogen-bond acceptors (Lipinski definition) is 2. The third-order valence-electron chi connectivity index (χ3n) is 4.23. The van der Waals surface area contributed by atoms with E-state index in [9.17, 15) is 4.39 Å². The fourth-order valence-electron chi connectivity index (χ4n) is 2.74. The molecule has 1 aromatic carbocycles. The van der Waals surface area contributed by atoms with Gasteiger partial charge < -0.3 is 15.0 Å². The number of guanidine groups is 1. The number of ether oxygens (including phenoxy) is 1. The van der Waals surface area contributed by atoms with Gasteiger partial charge in [-0.15, -0.1) is 0 Å². The smallest absolute Gasteiger partial charge is 0.193 e. The lowest BCUT2D eigenvalue weighted by Gasteiger charge is -2.26. The average Bonchev–Trinajstić information content (AvgIpc) is 2.59. The van der Waals surface area contributed by atoms with Crippen LogP contribution >= 0.6 is 0 Å². The highest BCUT2D eigenvalue weighted by Gasteiger charge is 2.15. The van der Waals surface area contributed by atoms with E-state index in [0.717, 1.165) is 56.6 Å². The van der Waals surface area contributed by atoms with Crippen molar-refractivity contribution in [3.63, 3.8) is 0 Å². The van der Waals surface area contributed by atoms with Crippen molar-refractivity contribution in [2.24, 2.45) is 10.9 Å². The molecule has 1 heterocycles. The summed E-state index contributed by atoms with van der Waals surface area (Å²) in [4.78, 5) is 6.84. The lowest BCUT2D eigenvalue weighted by molar-refractivity contribution is 0.0625. The predicted octanol–water partition coefficient (Wildman–Crippen LogP) is 3.04. The molecule has 2 rings (SSSR count). The van der Waals surface area contributed by atoms with Crippen LogP contribution in [0.3, 0.4) is 0 Å². The van der Waals surface area contributed by atoms with Gasteiger partial charge in [-0.05, 0) is 49.8 Å². The molecule has 0 radical (unpaired) electrons. The third kappa shape index (κ3) is 6.18. The summed E-state index contributed by atoms with van der Waals surface area (Å²) >= 11 is 0. The summed E-state index contributed by atoms with van der Waals surface area (Å²) in [7, 11) is 2.07. The maximum Gasteiger partial charge on any atom is 0.193 e. The van der Waals surface area contributed by atoms with Gasteiger partial charge in [-0.1, -0.05) is 12.1 Å². The zero-order valence-electron chi connectivity index (χ0n) is 14.2. The van der Waals surface area contributed by atoms with E-state index in [2.05, 4.69) is 29.2 Å². The molecule has 1 N–H and O–H groups in total. The summed E-state index contributed by atoms with van der Waals surface area (Å²) in [5, 5.41) is 3.33. The van der Waals surface area contributed by atoms with E-state index in [4.69, 9.17) is 4.74 Å². The summed E-state index contributed by atoms with van der Waals surface area (Å²) in [5.74, 6) is 1.45. The van der Waals surface area contributed by atoms with Crippen molar-refractivity contribution in [3.8, 4) is 0 Å². The molecular formula is C18H28FN3O. The van der Waals surface area contributed by atoms with Crippen molar-refractivity contribution in [2.45, 2.75) is 32.7 Å². The molecule has 0 spiro atoms. The van der Waals surface area contributed by atoms with E-state index in [1.807, 2.05) is 0 Å². The minimum Gasteiger partial charge on any atom is -0.381 e. The molecule has 0 unspecified atom stereocenters. The monoisotopic (exact) mass is 321 g/mol. The molecule has 0 aliphatic carbocycles. The number of nitrogens with zero attached hydrogens (tertiary/aromatic N) is 2. The normalized spacial score (nSPS) is 16.4. The van der Waals surface area contributed by atoms with E-state index in [1.165, 1.54) is 18.6 Å². The molecule has 1 aliphatic heterocycles. The van der Waals surface area contributed by atoms with Gasteiger partial charge in [0, 0.05) is 33.4 Å². The van der Waals surface area contributed by atoms with Crippen LogP contribution in [0.2, 0.25) is 0 Å². The molecule has 1 aliphatic rings. The second-order valence-electron chi connectivity index (χ2n) is 6.06. The van der Waals surface area contributed by atoms with Crippen molar-refractivity contribution >= 4 is 5.96 Å². The first-order valence-electron chi connectivity index (χ1n) is 8.50. The molecule has 23 heavy (non-hydrogen) atoms. The van der Waals surface area contributed by atoms with Gasteiger partial charge in [0.15, 0.2) is 5.96 Å². The highest BCUT2D eigenvalue weighted by molar-refractivity contribution is 5.79. The maximum atomic E-state index is 12.9. The summed E-state index contributed by atoms with van der Waals surface area (Å²) in [6.45, 7) is 6.24. The molecule has 128 valence electrons. The Labute approximate surface area is 138 Å². The Bertz CT molecular complexity index is 484. The van der Waals surface area contributed by atoms with Gasteiger partial charge in [0.1, 0.15) is 5.82 Å². The van der Waals surface area contributed by atoms with Crippen LogP contribution in [-0.4, -0.2) is 44.2 Å². The third-order valence-corrected chi connectivity index (χ3v) is 4.23. The second-order valence-corrected chi connectivity index (χ2v) is 6.06. The van der Waals surface area contributed by atoms with Crippen molar-refractivity contribution in [1.29, 1.82) is 0 Å². The van der Waals surface area contributed by atoms with Crippen LogP contribution in [0.25, 0.3) is 0 Å². The van der Waals surface area contributed by atoms with Gasteiger partial charge in [0.05, 0.1) is 6.54 Å². The van der Waals surface area contributed by atoms with Crippen molar-refractivity contribution in [3.05, 3.63) is 35.6 Å². The van der Waals surface area contributed by atoms with Crippen LogP contribution in [0.5, 0.6) is 0 Å². The standard InChI is InChI=1S/C18H28FN3O/c1-3-20-18(21-14-16-4-6-17(19)7-5-16)22(2)11-8-15-9-12-23-13-10-15/h4-7,15H,3,8-14H2,1-2H3,(H,20,21). The number of hydrogen-bond donors (Lipinski definition) is 1. The molecule has 0 saturated carbocycles. The lowest BCUT2D eigenvalue weighted by atomic mass is 9.96. The number of halogens is 1. The Morgan fingerprint density at radius 2 is 2.00 bits per heavy atom. The molecule has 5 heteroatoms. The van der Waals surface area contributed by atoms with Gasteiger partial charge >= 0.3 is 0 Å². The Hall–Kier alpha value is -1.62. The van der Waals surface area contributed by atoms with Crippen LogP contribution in [-0.2, 0) is 11.3 Å². The summed E-state index contributed by atoms with van der Waals surface area (Å²) in [6, 6.07) is 6.52. The van der Waals surface area contributed by atoms with Gasteiger partial charge in [-0.2, -0.15) is 0 Å². The summed E-state index contributed by atoms with van der Waals surface area (Å²) < 4.78 is 18.4. The van der Waals surface area contributed by atoms with Crippen molar-refractivity contribution < 1.29 is 9.13 Å². The van der Waals surface area contributed by atoms with Gasteiger partial charge in [-0.3, -0.25) is 0 Å². The first kappa shape index (κ1) is 17.7. The second kappa shape index (κ2) is 9.50. The van der Waals surface area contributed by atoms with Gasteiger partial charge in [-0.25, -0.2) is 9.38 Å². The lowest BCUT2D eigenvalue weighted by Crippen LogP contribution is -2.40. The minimum atomic E-state index is -0.210. The van der Waals surface area contributed by atoms with Crippen LogP contribution in [0.4, 0.5) is 4.39 Å². The van der Waals surface area contributed by atoms with Crippen molar-refractivity contribution in [1.82, 2.24) is 10.2 Å². The SMILES string of the molecule is CCNC(=NCc1ccc(F)cc1)N(C)CCC1CCOCC1. The highest BCUT2D eigenvalue weighted by atomic mass is 19.1. The number of nitrogens with one attached hydrogen (secondary N) is 1. The Kier molecular flexibility index (Phi) is 7.33. The molecule has 1 aromatic rings. The van der Waals surface area contributed by atoms with Crippen molar-refractivity contribution in [2.75, 3.05) is 33.4 Å². The van der Waals surface area contributed by atoms with E-state index in [1.54, 1.807) is 12.1 Å². The van der Waals surface area contributed by atoms with E-state index in [-0.39, 0.29) is 5.82 Å². The highest BCUT2D eigenvalue weighted by Crippen LogP contribution is 2.18. The van der Waals surface area contributed by atoms with Crippen LogP contribution in [0.1, 0.15) is 31.7 Å². The van der Waals surface area contributed by atoms with Crippen LogP contribution in [0.15, 0.2) is 29.3 Å². The first-order chi connectivity index (χ1) is 11.2. The van der Waals surface area contributed by atoms with Crippen LogP contribution in [0, 0.1) is 11.7 Å². The molecule has 0 aromatic heterocycles. The van der Waals surface area contributed by atoms with E-state index in [0.29, 0.717) is 6.54 Å². The van der Waals surface area contributed by atoms with Gasteiger partial charge in [0.2, 0.25) is 0 Å². The molecule has 0 amide bonds. The topological polar surface area (TPSA) is 36.9 Å². The maximum absolute atomic E-state index is 12.9. The minimum absolute atomic E-state index is 0.210. The quantitative estimate of drug-likeness (QED) is 0.646. The summed E-state index contributed by atoms with van der Waals surface area (Å²) in [5.41, 5.74) is 1.01. The average molecular weight is 321 g/mol. The first-order valence-corrected chi connectivity index (χ1v) is 8.50. The Morgan fingerprint density at radius 3 is 2.65 bits per heavy atom.